The Hall–Kier alpha value is -1.91. The van der Waals surface area contributed by atoms with Gasteiger partial charge in [0.15, 0.2) is 0 Å². The third-order valence-corrected chi connectivity index (χ3v) is 3.84. The fraction of sp³-hybridized carbons (Fsp3) is 0.133. The van der Waals surface area contributed by atoms with Crippen LogP contribution < -0.4 is 16.4 Å². The first kappa shape index (κ1) is 15.5. The average molecular weight is 324 g/mol. The third-order valence-electron chi connectivity index (χ3n) is 3.10. The number of anilines is 2. The van der Waals surface area contributed by atoms with E-state index >= 15 is 0 Å². The van der Waals surface area contributed by atoms with Gasteiger partial charge in [0.25, 0.3) is 0 Å². The zero-order chi connectivity index (χ0) is 15.4. The maximum absolute atomic E-state index is 11.8. The van der Waals surface area contributed by atoms with Crippen LogP contribution in [0.5, 0.6) is 0 Å². The van der Waals surface area contributed by atoms with Crippen LogP contribution in [0.4, 0.5) is 16.2 Å². The number of hydrogen-bond donors (Lipinski definition) is 3. The maximum Gasteiger partial charge on any atom is 0.319 e. The van der Waals surface area contributed by atoms with Crippen molar-refractivity contribution in [2.75, 3.05) is 11.1 Å². The van der Waals surface area contributed by atoms with Gasteiger partial charge in [-0.05, 0) is 42.3 Å². The van der Waals surface area contributed by atoms with Gasteiger partial charge in [0.05, 0.1) is 10.0 Å². The van der Waals surface area contributed by atoms with E-state index in [0.717, 1.165) is 11.1 Å². The van der Waals surface area contributed by atoms with Crippen molar-refractivity contribution in [3.63, 3.8) is 0 Å². The Morgan fingerprint density at radius 3 is 2.67 bits per heavy atom. The van der Waals surface area contributed by atoms with Crippen molar-refractivity contribution in [3.8, 4) is 0 Å². The third kappa shape index (κ3) is 4.03. The van der Waals surface area contributed by atoms with Gasteiger partial charge in [-0.2, -0.15) is 0 Å². The molecule has 0 fully saturated rings. The molecule has 6 heteroatoms. The van der Waals surface area contributed by atoms with E-state index in [2.05, 4.69) is 10.6 Å². The average Bonchev–Trinajstić information content (AvgIpc) is 2.44. The molecular formula is C15H15Cl2N3O. The Labute approximate surface area is 133 Å². The molecule has 0 radical (unpaired) electrons. The number of benzene rings is 2. The lowest BCUT2D eigenvalue weighted by Gasteiger charge is -2.11. The van der Waals surface area contributed by atoms with Gasteiger partial charge < -0.3 is 16.4 Å². The molecule has 110 valence electrons. The number of nitrogen functional groups attached to an aromatic ring is 1. The normalized spacial score (nSPS) is 10.2. The van der Waals surface area contributed by atoms with E-state index in [9.17, 15) is 4.79 Å². The van der Waals surface area contributed by atoms with Crippen molar-refractivity contribution in [1.82, 2.24) is 5.32 Å². The van der Waals surface area contributed by atoms with Crippen LogP contribution in [-0.2, 0) is 6.54 Å². The molecule has 0 saturated heterocycles. The molecule has 0 unspecified atom stereocenters. The van der Waals surface area contributed by atoms with Gasteiger partial charge in [-0.3, -0.25) is 0 Å². The largest absolute Gasteiger partial charge is 0.399 e. The molecular weight excluding hydrogens is 309 g/mol. The van der Waals surface area contributed by atoms with E-state index < -0.39 is 0 Å². The molecule has 0 saturated carbocycles. The van der Waals surface area contributed by atoms with Crippen molar-refractivity contribution < 1.29 is 4.79 Å². The monoisotopic (exact) mass is 323 g/mol. The summed E-state index contributed by atoms with van der Waals surface area (Å²) in [6.45, 7) is 2.31. The predicted molar refractivity (Wildman–Crippen MR) is 87.9 cm³/mol. The van der Waals surface area contributed by atoms with E-state index in [1.165, 1.54) is 0 Å². The highest BCUT2D eigenvalue weighted by Gasteiger charge is 2.06. The predicted octanol–water partition coefficient (Wildman–Crippen LogP) is 4.21. The Morgan fingerprint density at radius 2 is 1.95 bits per heavy atom. The number of halogens is 2. The standard InChI is InChI=1S/C15H15Cl2N3O/c1-9-10(3-2-4-14(9)18)8-19-15(21)20-11-5-6-12(16)13(17)7-11/h2-7H,8,18H2,1H3,(H2,19,20,21). The van der Waals surface area contributed by atoms with E-state index in [-0.39, 0.29) is 6.03 Å². The fourth-order valence-electron chi connectivity index (χ4n) is 1.82. The number of rotatable bonds is 3. The van der Waals surface area contributed by atoms with Gasteiger partial charge in [0.1, 0.15) is 0 Å². The Kier molecular flexibility index (Phi) is 4.94. The van der Waals surface area contributed by atoms with Crippen LogP contribution in [0.25, 0.3) is 0 Å². The molecule has 2 rings (SSSR count). The second kappa shape index (κ2) is 6.70. The van der Waals surface area contributed by atoms with E-state index in [0.29, 0.717) is 28.0 Å². The van der Waals surface area contributed by atoms with Gasteiger partial charge in [-0.15, -0.1) is 0 Å². The molecule has 0 aromatic heterocycles. The summed E-state index contributed by atoms with van der Waals surface area (Å²) in [5.74, 6) is 0. The number of amides is 2. The Morgan fingerprint density at radius 1 is 1.19 bits per heavy atom. The first-order valence-electron chi connectivity index (χ1n) is 6.31. The summed E-state index contributed by atoms with van der Waals surface area (Å²) in [6.07, 6.45) is 0. The Balaban J connectivity index is 1.96. The van der Waals surface area contributed by atoms with Crippen LogP contribution in [0.15, 0.2) is 36.4 Å². The number of urea groups is 1. The SMILES string of the molecule is Cc1c(N)cccc1CNC(=O)Nc1ccc(Cl)c(Cl)c1. The van der Waals surface area contributed by atoms with E-state index in [1.54, 1.807) is 18.2 Å². The molecule has 2 amide bonds. The van der Waals surface area contributed by atoms with E-state index in [1.807, 2.05) is 25.1 Å². The maximum atomic E-state index is 11.8. The summed E-state index contributed by atoms with van der Waals surface area (Å²) in [4.78, 5) is 11.8. The molecule has 2 aromatic rings. The number of hydrogen-bond acceptors (Lipinski definition) is 2. The van der Waals surface area contributed by atoms with Gasteiger partial charge in [0.2, 0.25) is 0 Å². The van der Waals surface area contributed by atoms with Crippen LogP contribution in [0.1, 0.15) is 11.1 Å². The number of nitrogens with one attached hydrogen (secondary N) is 2. The van der Waals surface area contributed by atoms with Gasteiger partial charge in [-0.1, -0.05) is 35.3 Å². The lowest BCUT2D eigenvalue weighted by Crippen LogP contribution is -2.28. The summed E-state index contributed by atoms with van der Waals surface area (Å²) in [7, 11) is 0. The summed E-state index contributed by atoms with van der Waals surface area (Å²) in [5, 5.41) is 6.29. The smallest absolute Gasteiger partial charge is 0.319 e. The van der Waals surface area contributed by atoms with Crippen molar-refractivity contribution >= 4 is 40.6 Å². The minimum atomic E-state index is -0.324. The quantitative estimate of drug-likeness (QED) is 0.741. The number of nitrogens with two attached hydrogens (primary N) is 1. The topological polar surface area (TPSA) is 67.1 Å². The van der Waals surface area contributed by atoms with Gasteiger partial charge >= 0.3 is 6.03 Å². The molecule has 4 N–H and O–H groups in total. The van der Waals surface area contributed by atoms with Crippen LogP contribution in [0.2, 0.25) is 10.0 Å². The second-order valence-corrected chi connectivity index (χ2v) is 5.38. The molecule has 0 aliphatic heterocycles. The molecule has 0 atom stereocenters. The molecule has 0 heterocycles. The lowest BCUT2D eigenvalue weighted by atomic mass is 10.1. The second-order valence-electron chi connectivity index (χ2n) is 4.57. The van der Waals surface area contributed by atoms with Crippen LogP contribution in [0.3, 0.4) is 0 Å². The Bertz CT molecular complexity index is 674. The summed E-state index contributed by atoms with van der Waals surface area (Å²) in [6, 6.07) is 10.2. The molecule has 0 aliphatic rings. The van der Waals surface area contributed by atoms with Crippen molar-refractivity contribution in [3.05, 3.63) is 57.6 Å². The number of carbonyl (C=O) groups excluding carboxylic acids is 1. The zero-order valence-electron chi connectivity index (χ0n) is 11.4. The molecule has 21 heavy (non-hydrogen) atoms. The highest BCUT2D eigenvalue weighted by Crippen LogP contribution is 2.24. The van der Waals surface area contributed by atoms with Crippen LogP contribution in [0, 0.1) is 6.92 Å². The number of carbonyl (C=O) groups is 1. The van der Waals surface area contributed by atoms with Crippen molar-refractivity contribution in [2.24, 2.45) is 0 Å². The first-order valence-corrected chi connectivity index (χ1v) is 7.07. The van der Waals surface area contributed by atoms with Crippen molar-refractivity contribution in [1.29, 1.82) is 0 Å². The van der Waals surface area contributed by atoms with E-state index in [4.69, 9.17) is 28.9 Å². The summed E-state index contributed by atoms with van der Waals surface area (Å²) < 4.78 is 0. The minimum Gasteiger partial charge on any atom is -0.399 e. The van der Waals surface area contributed by atoms with Crippen LogP contribution >= 0.6 is 23.2 Å². The summed E-state index contributed by atoms with van der Waals surface area (Å²) in [5.41, 5.74) is 9.05. The highest BCUT2D eigenvalue weighted by atomic mass is 35.5. The molecule has 0 aliphatic carbocycles. The molecule has 0 bridgehead atoms. The van der Waals surface area contributed by atoms with Crippen molar-refractivity contribution in [2.45, 2.75) is 13.5 Å². The first-order chi connectivity index (χ1) is 9.97. The lowest BCUT2D eigenvalue weighted by molar-refractivity contribution is 0.251. The van der Waals surface area contributed by atoms with Gasteiger partial charge in [0, 0.05) is 17.9 Å². The highest BCUT2D eigenvalue weighted by molar-refractivity contribution is 6.42. The minimum absolute atomic E-state index is 0.324. The van der Waals surface area contributed by atoms with Crippen LogP contribution in [-0.4, -0.2) is 6.03 Å². The fourth-order valence-corrected chi connectivity index (χ4v) is 2.12. The summed E-state index contributed by atoms with van der Waals surface area (Å²) >= 11 is 11.7. The zero-order valence-corrected chi connectivity index (χ0v) is 12.9. The molecule has 4 nitrogen and oxygen atoms in total. The molecule has 2 aromatic carbocycles. The molecule has 0 spiro atoms. The van der Waals surface area contributed by atoms with Gasteiger partial charge in [-0.25, -0.2) is 4.79 Å².